The summed E-state index contributed by atoms with van der Waals surface area (Å²) in [6.07, 6.45) is 5.52. The first kappa shape index (κ1) is 17.4. The zero-order chi connectivity index (χ0) is 13.7. The fourth-order valence-electron chi connectivity index (χ4n) is 1.58. The molecule has 0 aliphatic rings. The van der Waals surface area contributed by atoms with Gasteiger partial charge in [0.2, 0.25) is 0 Å². The average molecular weight is 256 g/mol. The molecule has 0 aromatic heterocycles. The van der Waals surface area contributed by atoms with Gasteiger partial charge in [0, 0.05) is 12.0 Å². The van der Waals surface area contributed by atoms with Gasteiger partial charge in [-0.15, -0.1) is 13.2 Å². The molecular formula is C15H28O3. The van der Waals surface area contributed by atoms with Crippen molar-refractivity contribution in [2.45, 2.75) is 26.7 Å². The molecule has 106 valence electrons. The summed E-state index contributed by atoms with van der Waals surface area (Å²) in [5, 5.41) is 0. The van der Waals surface area contributed by atoms with Gasteiger partial charge in [-0.25, -0.2) is 0 Å². The molecule has 3 heteroatoms. The van der Waals surface area contributed by atoms with Crippen LogP contribution in [-0.4, -0.2) is 39.6 Å². The summed E-state index contributed by atoms with van der Waals surface area (Å²) in [5.74, 6) is 0. The first-order chi connectivity index (χ1) is 8.74. The van der Waals surface area contributed by atoms with Gasteiger partial charge in [0.1, 0.15) is 0 Å². The Hall–Kier alpha value is -0.640. The molecule has 0 aromatic rings. The summed E-state index contributed by atoms with van der Waals surface area (Å²) >= 11 is 0. The predicted octanol–water partition coefficient (Wildman–Crippen LogP) is 3.21. The molecule has 0 radical (unpaired) electrons. The molecular weight excluding hydrogens is 228 g/mol. The van der Waals surface area contributed by atoms with Crippen molar-refractivity contribution < 1.29 is 14.2 Å². The summed E-state index contributed by atoms with van der Waals surface area (Å²) in [5.41, 5.74) is -0.0683. The summed E-state index contributed by atoms with van der Waals surface area (Å²) in [4.78, 5) is 0. The Balaban J connectivity index is 4.28. The molecule has 0 atom stereocenters. The van der Waals surface area contributed by atoms with Crippen molar-refractivity contribution in [3.05, 3.63) is 25.3 Å². The Morgan fingerprint density at radius 1 is 0.889 bits per heavy atom. The maximum absolute atomic E-state index is 5.69. The zero-order valence-electron chi connectivity index (χ0n) is 12.0. The average Bonchev–Trinajstić information content (AvgIpc) is 2.39. The topological polar surface area (TPSA) is 27.7 Å². The molecule has 18 heavy (non-hydrogen) atoms. The Morgan fingerprint density at radius 2 is 1.39 bits per heavy atom. The highest BCUT2D eigenvalue weighted by Gasteiger charge is 2.29. The molecule has 0 N–H and O–H groups in total. The molecule has 0 aromatic carbocycles. The third-order valence-corrected chi connectivity index (χ3v) is 2.79. The van der Waals surface area contributed by atoms with Crippen molar-refractivity contribution >= 4 is 0 Å². The molecule has 0 saturated heterocycles. The number of hydrogen-bond donors (Lipinski definition) is 0. The molecule has 0 fully saturated rings. The normalized spacial score (nSPS) is 11.4. The molecule has 0 spiro atoms. The van der Waals surface area contributed by atoms with Crippen LogP contribution in [0.5, 0.6) is 0 Å². The van der Waals surface area contributed by atoms with Crippen molar-refractivity contribution in [1.82, 2.24) is 0 Å². The van der Waals surface area contributed by atoms with E-state index in [1.807, 2.05) is 0 Å². The minimum absolute atomic E-state index is 0.0683. The zero-order valence-corrected chi connectivity index (χ0v) is 12.0. The summed E-state index contributed by atoms with van der Waals surface area (Å²) < 4.78 is 16.9. The second-order valence-electron chi connectivity index (χ2n) is 4.51. The summed E-state index contributed by atoms with van der Waals surface area (Å²) in [6.45, 7) is 15.4. The molecule has 0 rings (SSSR count). The third-order valence-electron chi connectivity index (χ3n) is 2.79. The first-order valence-corrected chi connectivity index (χ1v) is 6.69. The number of hydrogen-bond acceptors (Lipinski definition) is 3. The minimum Gasteiger partial charge on any atom is -0.381 e. The lowest BCUT2D eigenvalue weighted by Gasteiger charge is -2.31. The Kier molecular flexibility index (Phi) is 11.0. The molecule has 0 unspecified atom stereocenters. The Bertz CT molecular complexity index is 200. The molecule has 0 aliphatic carbocycles. The lowest BCUT2D eigenvalue weighted by Crippen LogP contribution is -2.37. The smallest absolute Gasteiger partial charge is 0.0645 e. The molecule has 0 bridgehead atoms. The van der Waals surface area contributed by atoms with E-state index >= 15 is 0 Å². The predicted molar refractivity (Wildman–Crippen MR) is 75.9 cm³/mol. The van der Waals surface area contributed by atoms with E-state index in [4.69, 9.17) is 14.2 Å². The summed E-state index contributed by atoms with van der Waals surface area (Å²) in [7, 11) is 0. The van der Waals surface area contributed by atoms with Crippen molar-refractivity contribution in [1.29, 1.82) is 0 Å². The van der Waals surface area contributed by atoms with E-state index in [1.165, 1.54) is 0 Å². The van der Waals surface area contributed by atoms with Crippen LogP contribution in [0.3, 0.4) is 0 Å². The van der Waals surface area contributed by atoms with E-state index in [-0.39, 0.29) is 5.41 Å². The minimum atomic E-state index is -0.0683. The van der Waals surface area contributed by atoms with Gasteiger partial charge in [0.25, 0.3) is 0 Å². The maximum atomic E-state index is 5.69. The molecule has 0 amide bonds. The number of ether oxygens (including phenoxy) is 3. The monoisotopic (exact) mass is 256 g/mol. The van der Waals surface area contributed by atoms with Gasteiger partial charge in [-0.1, -0.05) is 26.0 Å². The second-order valence-corrected chi connectivity index (χ2v) is 4.51. The number of rotatable bonds is 13. The van der Waals surface area contributed by atoms with E-state index in [1.54, 1.807) is 12.2 Å². The van der Waals surface area contributed by atoms with Gasteiger partial charge >= 0.3 is 0 Å². The highest BCUT2D eigenvalue weighted by molar-refractivity contribution is 4.79. The Labute approximate surface area is 112 Å². The van der Waals surface area contributed by atoms with Crippen molar-refractivity contribution in [2.75, 3.05) is 39.6 Å². The van der Waals surface area contributed by atoms with E-state index < -0.39 is 0 Å². The van der Waals surface area contributed by atoms with Crippen LogP contribution >= 0.6 is 0 Å². The van der Waals surface area contributed by atoms with Crippen molar-refractivity contribution in [3.63, 3.8) is 0 Å². The van der Waals surface area contributed by atoms with Crippen molar-refractivity contribution in [2.24, 2.45) is 5.41 Å². The molecule has 0 saturated carbocycles. The molecule has 0 aliphatic heterocycles. The fourth-order valence-corrected chi connectivity index (χ4v) is 1.58. The van der Waals surface area contributed by atoms with Gasteiger partial charge in [0.15, 0.2) is 0 Å². The van der Waals surface area contributed by atoms with E-state index in [2.05, 4.69) is 27.0 Å². The van der Waals surface area contributed by atoms with Crippen LogP contribution in [0.15, 0.2) is 25.3 Å². The van der Waals surface area contributed by atoms with Crippen LogP contribution < -0.4 is 0 Å². The SMILES string of the molecule is C=CCOCC(CC)(COCC=C)COCCC. The molecule has 0 heterocycles. The van der Waals surface area contributed by atoms with Crippen molar-refractivity contribution in [3.8, 4) is 0 Å². The highest BCUT2D eigenvalue weighted by atomic mass is 16.5. The maximum Gasteiger partial charge on any atom is 0.0645 e. The van der Waals surface area contributed by atoms with Gasteiger partial charge in [-0.3, -0.25) is 0 Å². The second kappa shape index (κ2) is 11.5. The lowest BCUT2D eigenvalue weighted by molar-refractivity contribution is -0.0631. The van der Waals surface area contributed by atoms with Crippen LogP contribution in [0.2, 0.25) is 0 Å². The van der Waals surface area contributed by atoms with Gasteiger partial charge in [0.05, 0.1) is 33.0 Å². The fraction of sp³-hybridized carbons (Fsp3) is 0.733. The van der Waals surface area contributed by atoms with Gasteiger partial charge in [-0.2, -0.15) is 0 Å². The highest BCUT2D eigenvalue weighted by Crippen LogP contribution is 2.24. The third kappa shape index (κ3) is 7.64. The first-order valence-electron chi connectivity index (χ1n) is 6.69. The van der Waals surface area contributed by atoms with Crippen LogP contribution in [0.25, 0.3) is 0 Å². The van der Waals surface area contributed by atoms with E-state index in [9.17, 15) is 0 Å². The van der Waals surface area contributed by atoms with Crippen LogP contribution in [0.4, 0.5) is 0 Å². The largest absolute Gasteiger partial charge is 0.381 e. The van der Waals surface area contributed by atoms with Crippen LogP contribution in [0.1, 0.15) is 26.7 Å². The van der Waals surface area contributed by atoms with Gasteiger partial charge in [-0.05, 0) is 12.8 Å². The quantitative estimate of drug-likeness (QED) is 0.374. The van der Waals surface area contributed by atoms with E-state index in [0.717, 1.165) is 19.4 Å². The summed E-state index contributed by atoms with van der Waals surface area (Å²) in [6, 6.07) is 0. The standard InChI is InChI=1S/C15H28O3/c1-5-9-16-12-15(8-4,13-17-10-6-2)14-18-11-7-3/h5-6H,1-2,7-14H2,3-4H3. The Morgan fingerprint density at radius 3 is 1.78 bits per heavy atom. The lowest BCUT2D eigenvalue weighted by atomic mass is 9.88. The van der Waals surface area contributed by atoms with E-state index in [0.29, 0.717) is 33.0 Å². The molecule has 3 nitrogen and oxygen atoms in total. The van der Waals surface area contributed by atoms with Crippen LogP contribution in [-0.2, 0) is 14.2 Å². The van der Waals surface area contributed by atoms with Gasteiger partial charge < -0.3 is 14.2 Å². The van der Waals surface area contributed by atoms with Crippen LogP contribution in [0, 0.1) is 5.41 Å².